The fraction of sp³-hybridized carbons (Fsp3) is 0.632. The molecule has 0 saturated carbocycles. The Balaban J connectivity index is 1.51. The van der Waals surface area contributed by atoms with Crippen molar-refractivity contribution in [1.29, 1.82) is 0 Å². The first-order valence-corrected chi connectivity index (χ1v) is 8.91. The lowest BCUT2D eigenvalue weighted by molar-refractivity contribution is -0.197. The fourth-order valence-electron chi connectivity index (χ4n) is 4.00. The summed E-state index contributed by atoms with van der Waals surface area (Å²) in [7, 11) is 0. The third-order valence-corrected chi connectivity index (χ3v) is 5.33. The van der Waals surface area contributed by atoms with Crippen LogP contribution in [0.4, 0.5) is 0 Å². The van der Waals surface area contributed by atoms with E-state index in [0.29, 0.717) is 12.2 Å². The van der Waals surface area contributed by atoms with E-state index in [1.54, 1.807) is 0 Å². The molecule has 3 saturated heterocycles. The maximum Gasteiger partial charge on any atom is 0.176 e. The van der Waals surface area contributed by atoms with Gasteiger partial charge in [0.05, 0.1) is 19.2 Å². The lowest BCUT2D eigenvalue weighted by Crippen LogP contribution is -2.63. The molecule has 3 aliphatic heterocycles. The number of rotatable bonds is 5. The van der Waals surface area contributed by atoms with Crippen molar-refractivity contribution >= 4 is 5.78 Å². The molecular weight excluding hydrogens is 322 g/mol. The monoisotopic (exact) mass is 347 g/mol. The minimum atomic E-state index is -0.672. The molecule has 0 amide bonds. The van der Waals surface area contributed by atoms with Gasteiger partial charge in [-0.25, -0.2) is 0 Å². The molecule has 0 spiro atoms. The summed E-state index contributed by atoms with van der Waals surface area (Å²) in [6, 6.07) is 9.00. The average molecular weight is 347 g/mol. The van der Waals surface area contributed by atoms with Crippen LogP contribution in [0.2, 0.25) is 0 Å². The second kappa shape index (κ2) is 6.14. The highest BCUT2D eigenvalue weighted by Gasteiger charge is 2.64. The fourth-order valence-corrected chi connectivity index (χ4v) is 4.00. The molecule has 6 heteroatoms. The van der Waals surface area contributed by atoms with Crippen LogP contribution < -0.4 is 5.32 Å². The van der Waals surface area contributed by atoms with Crippen molar-refractivity contribution < 1.29 is 23.7 Å². The third-order valence-electron chi connectivity index (χ3n) is 5.33. The molecule has 4 rings (SSSR count). The minimum absolute atomic E-state index is 0.0284. The van der Waals surface area contributed by atoms with E-state index in [4.69, 9.17) is 18.9 Å². The van der Waals surface area contributed by atoms with Gasteiger partial charge in [0.2, 0.25) is 0 Å². The number of hydrogen-bond acceptors (Lipinski definition) is 6. The largest absolute Gasteiger partial charge is 0.348 e. The number of hydrogen-bond donors (Lipinski definition) is 1. The van der Waals surface area contributed by atoms with Crippen molar-refractivity contribution in [3.63, 3.8) is 0 Å². The Kier molecular flexibility index (Phi) is 4.21. The zero-order valence-electron chi connectivity index (χ0n) is 14.9. The Bertz CT molecular complexity index is 648. The Morgan fingerprint density at radius 3 is 2.68 bits per heavy atom. The summed E-state index contributed by atoms with van der Waals surface area (Å²) in [5.41, 5.74) is 0.215. The van der Waals surface area contributed by atoms with E-state index in [1.807, 2.05) is 44.2 Å². The lowest BCUT2D eigenvalue weighted by atomic mass is 9.86. The summed E-state index contributed by atoms with van der Waals surface area (Å²) in [6.45, 7) is 6.58. The zero-order chi connectivity index (χ0) is 17.7. The predicted molar refractivity (Wildman–Crippen MR) is 90.2 cm³/mol. The van der Waals surface area contributed by atoms with Crippen LogP contribution in [0, 0.1) is 0 Å². The van der Waals surface area contributed by atoms with E-state index >= 15 is 0 Å². The number of Topliss-reactive ketones (excluding diaryl/α,β-unsaturated/α-hetero) is 1. The summed E-state index contributed by atoms with van der Waals surface area (Å²) in [5.74, 6) is -0.644. The lowest BCUT2D eigenvalue weighted by Gasteiger charge is -2.42. The number of carbonyl (C=O) groups is 1. The Morgan fingerprint density at radius 2 is 1.96 bits per heavy atom. The van der Waals surface area contributed by atoms with E-state index in [9.17, 15) is 4.79 Å². The van der Waals surface area contributed by atoms with E-state index in [0.717, 1.165) is 6.42 Å². The van der Waals surface area contributed by atoms with E-state index in [1.165, 1.54) is 0 Å². The van der Waals surface area contributed by atoms with Crippen LogP contribution in [0.3, 0.4) is 0 Å². The van der Waals surface area contributed by atoms with Crippen LogP contribution >= 0.6 is 0 Å². The van der Waals surface area contributed by atoms with Crippen molar-refractivity contribution in [2.75, 3.05) is 13.2 Å². The first-order valence-electron chi connectivity index (χ1n) is 8.91. The Hall–Kier alpha value is -1.31. The first-order chi connectivity index (χ1) is 11.9. The second-order valence-electron chi connectivity index (χ2n) is 7.43. The molecule has 0 aromatic heterocycles. The highest BCUT2D eigenvalue weighted by molar-refractivity contribution is 5.97. The molecule has 25 heavy (non-hydrogen) atoms. The summed E-state index contributed by atoms with van der Waals surface area (Å²) in [5, 5.41) is 3.29. The number of fused-ring (bicyclic) bond motifs is 4. The van der Waals surface area contributed by atoms with Gasteiger partial charge < -0.3 is 18.9 Å². The SMILES string of the molecule is CC[C@@]12COC(O1)[C@H](NCC(=O)c1ccccc1)[C@H]1OC(C)(C)O[C@H]12. The molecule has 6 nitrogen and oxygen atoms in total. The molecule has 1 unspecified atom stereocenters. The highest BCUT2D eigenvalue weighted by atomic mass is 16.8. The second-order valence-corrected chi connectivity index (χ2v) is 7.43. The number of ketones is 1. The van der Waals surface area contributed by atoms with Gasteiger partial charge in [0.25, 0.3) is 0 Å². The van der Waals surface area contributed by atoms with Gasteiger partial charge in [-0.2, -0.15) is 0 Å². The predicted octanol–water partition coefficient (Wildman–Crippen LogP) is 1.88. The van der Waals surface area contributed by atoms with Crippen molar-refractivity contribution in [1.82, 2.24) is 5.32 Å². The molecule has 0 aliphatic carbocycles. The summed E-state index contributed by atoms with van der Waals surface area (Å²) in [4.78, 5) is 12.4. The van der Waals surface area contributed by atoms with E-state index < -0.39 is 17.7 Å². The zero-order valence-corrected chi connectivity index (χ0v) is 14.9. The summed E-state index contributed by atoms with van der Waals surface area (Å²) in [6.07, 6.45) is -0.0580. The molecule has 3 fully saturated rings. The van der Waals surface area contributed by atoms with E-state index in [2.05, 4.69) is 12.2 Å². The number of ether oxygens (including phenoxy) is 4. The quantitative estimate of drug-likeness (QED) is 0.821. The number of benzene rings is 1. The maximum atomic E-state index is 12.4. The van der Waals surface area contributed by atoms with Gasteiger partial charge in [-0.3, -0.25) is 10.1 Å². The normalized spacial score (nSPS) is 38.5. The third kappa shape index (κ3) is 2.92. The molecular formula is C19H25NO5. The van der Waals surface area contributed by atoms with Gasteiger partial charge in [-0.15, -0.1) is 0 Å². The first kappa shape index (κ1) is 17.1. The molecule has 1 aromatic rings. The van der Waals surface area contributed by atoms with Crippen molar-refractivity contribution in [3.05, 3.63) is 35.9 Å². The van der Waals surface area contributed by atoms with Crippen LogP contribution in [0.25, 0.3) is 0 Å². The molecule has 1 aromatic carbocycles. The van der Waals surface area contributed by atoms with Gasteiger partial charge in [-0.05, 0) is 20.3 Å². The smallest absolute Gasteiger partial charge is 0.176 e. The topological polar surface area (TPSA) is 66.0 Å². The Labute approximate surface area is 147 Å². The van der Waals surface area contributed by atoms with Gasteiger partial charge in [0.15, 0.2) is 17.9 Å². The minimum Gasteiger partial charge on any atom is -0.348 e. The van der Waals surface area contributed by atoms with Crippen LogP contribution in [-0.4, -0.2) is 54.9 Å². The molecule has 5 atom stereocenters. The summed E-state index contributed by atoms with van der Waals surface area (Å²) >= 11 is 0. The van der Waals surface area contributed by atoms with Gasteiger partial charge in [0, 0.05) is 5.56 Å². The molecule has 0 radical (unpaired) electrons. The van der Waals surface area contributed by atoms with Crippen LogP contribution in [0.15, 0.2) is 30.3 Å². The number of nitrogens with one attached hydrogen (secondary N) is 1. The van der Waals surface area contributed by atoms with Crippen LogP contribution in [-0.2, 0) is 18.9 Å². The van der Waals surface area contributed by atoms with Gasteiger partial charge in [0.1, 0.15) is 17.8 Å². The van der Waals surface area contributed by atoms with Crippen molar-refractivity contribution in [2.45, 2.75) is 63.1 Å². The van der Waals surface area contributed by atoms with Crippen molar-refractivity contribution in [3.8, 4) is 0 Å². The standard InChI is InChI=1S/C19H25NO5/c1-4-19-11-22-17(25-19)14(15-16(19)24-18(2,3)23-15)20-10-13(21)12-8-6-5-7-9-12/h5-9,14-17,20H,4,10-11H2,1-3H3/t14-,15-,16-,17?,19+/m1/s1. The van der Waals surface area contributed by atoms with Gasteiger partial charge in [-0.1, -0.05) is 37.3 Å². The van der Waals surface area contributed by atoms with Crippen LogP contribution in [0.1, 0.15) is 37.6 Å². The van der Waals surface area contributed by atoms with Gasteiger partial charge >= 0.3 is 0 Å². The average Bonchev–Trinajstić information content (AvgIpc) is 3.15. The molecule has 1 N–H and O–H groups in total. The molecule has 3 heterocycles. The Morgan fingerprint density at radius 1 is 1.20 bits per heavy atom. The molecule has 2 bridgehead atoms. The van der Waals surface area contributed by atoms with Crippen LogP contribution in [0.5, 0.6) is 0 Å². The maximum absolute atomic E-state index is 12.4. The van der Waals surface area contributed by atoms with E-state index in [-0.39, 0.29) is 30.6 Å². The number of carbonyl (C=O) groups excluding carboxylic acids is 1. The molecule has 3 aliphatic rings. The molecule has 136 valence electrons. The van der Waals surface area contributed by atoms with Crippen molar-refractivity contribution in [2.24, 2.45) is 0 Å². The summed E-state index contributed by atoms with van der Waals surface area (Å²) < 4.78 is 24.4. The highest BCUT2D eigenvalue weighted by Crippen LogP contribution is 2.47.